The van der Waals surface area contributed by atoms with E-state index in [9.17, 15) is 15.0 Å². The number of rotatable bonds is 3. The molecule has 1 aliphatic carbocycles. The molecule has 17 heavy (non-hydrogen) atoms. The zero-order chi connectivity index (χ0) is 12.5. The van der Waals surface area contributed by atoms with Crippen molar-refractivity contribution < 1.29 is 15.0 Å². The maximum atomic E-state index is 11.9. The molecule has 0 aliphatic heterocycles. The van der Waals surface area contributed by atoms with Gasteiger partial charge in [-0.15, -0.1) is 0 Å². The van der Waals surface area contributed by atoms with Gasteiger partial charge in [-0.05, 0) is 37.5 Å². The van der Waals surface area contributed by atoms with Crippen molar-refractivity contribution in [2.24, 2.45) is 0 Å². The molecule has 0 bridgehead atoms. The highest BCUT2D eigenvalue weighted by molar-refractivity contribution is 6.31. The highest BCUT2D eigenvalue weighted by Gasteiger charge is 2.38. The van der Waals surface area contributed by atoms with Crippen molar-refractivity contribution >= 4 is 17.5 Å². The zero-order valence-electron chi connectivity index (χ0n) is 9.24. The molecule has 0 atom stereocenters. The van der Waals surface area contributed by atoms with Gasteiger partial charge in [-0.1, -0.05) is 11.6 Å². The molecule has 92 valence electrons. The first-order valence-corrected chi connectivity index (χ1v) is 5.86. The van der Waals surface area contributed by atoms with Gasteiger partial charge in [0.2, 0.25) is 0 Å². The van der Waals surface area contributed by atoms with Crippen LogP contribution in [0.1, 0.15) is 29.6 Å². The van der Waals surface area contributed by atoms with Crippen LogP contribution in [0, 0.1) is 0 Å². The van der Waals surface area contributed by atoms with Gasteiger partial charge in [-0.25, -0.2) is 0 Å². The molecule has 4 nitrogen and oxygen atoms in total. The maximum Gasteiger partial charge on any atom is 0.255 e. The van der Waals surface area contributed by atoms with Crippen molar-refractivity contribution in [3.63, 3.8) is 0 Å². The highest BCUT2D eigenvalue weighted by Crippen LogP contribution is 2.32. The van der Waals surface area contributed by atoms with Crippen LogP contribution < -0.4 is 5.32 Å². The lowest BCUT2D eigenvalue weighted by molar-refractivity contribution is 0.0639. The molecular formula is C12H14ClNO3. The number of halogens is 1. The molecule has 0 aromatic heterocycles. The Labute approximate surface area is 104 Å². The van der Waals surface area contributed by atoms with E-state index < -0.39 is 11.4 Å². The molecule has 0 heterocycles. The number of hydrogen-bond donors (Lipinski definition) is 3. The van der Waals surface area contributed by atoms with E-state index in [0.29, 0.717) is 5.02 Å². The SMILES string of the molecule is O=C(NC1(CO)CCC1)c1cc(Cl)ccc1O. The van der Waals surface area contributed by atoms with Gasteiger partial charge in [0.1, 0.15) is 5.75 Å². The van der Waals surface area contributed by atoms with Crippen LogP contribution in [0.5, 0.6) is 5.75 Å². The maximum absolute atomic E-state index is 11.9. The number of benzene rings is 1. The first kappa shape index (κ1) is 12.2. The van der Waals surface area contributed by atoms with Gasteiger partial charge >= 0.3 is 0 Å². The fourth-order valence-corrected chi connectivity index (χ4v) is 2.10. The number of hydrogen-bond acceptors (Lipinski definition) is 3. The third-order valence-corrected chi connectivity index (χ3v) is 3.43. The number of aliphatic hydroxyl groups is 1. The van der Waals surface area contributed by atoms with E-state index in [0.717, 1.165) is 19.3 Å². The Bertz CT molecular complexity index is 438. The molecule has 1 aromatic rings. The summed E-state index contributed by atoms with van der Waals surface area (Å²) in [7, 11) is 0. The second-order valence-corrected chi connectivity index (χ2v) is 4.84. The molecule has 0 unspecified atom stereocenters. The molecule has 1 amide bonds. The molecule has 2 rings (SSSR count). The van der Waals surface area contributed by atoms with Crippen molar-refractivity contribution in [3.05, 3.63) is 28.8 Å². The minimum absolute atomic E-state index is 0.0833. The highest BCUT2D eigenvalue weighted by atomic mass is 35.5. The van der Waals surface area contributed by atoms with Crippen molar-refractivity contribution in [1.29, 1.82) is 0 Å². The van der Waals surface area contributed by atoms with E-state index in [1.54, 1.807) is 0 Å². The molecule has 3 N–H and O–H groups in total. The van der Waals surface area contributed by atoms with Crippen LogP contribution in [0.25, 0.3) is 0 Å². The number of carbonyl (C=O) groups excluding carboxylic acids is 1. The first-order valence-electron chi connectivity index (χ1n) is 5.48. The van der Waals surface area contributed by atoms with E-state index in [1.807, 2.05) is 0 Å². The van der Waals surface area contributed by atoms with Crippen molar-refractivity contribution in [1.82, 2.24) is 5.32 Å². The number of amides is 1. The quantitative estimate of drug-likeness (QED) is 0.770. The number of aliphatic hydroxyl groups excluding tert-OH is 1. The van der Waals surface area contributed by atoms with Crippen LogP contribution in [-0.4, -0.2) is 28.3 Å². The lowest BCUT2D eigenvalue weighted by Crippen LogP contribution is -2.56. The molecule has 1 aromatic carbocycles. The summed E-state index contributed by atoms with van der Waals surface area (Å²) in [6, 6.07) is 4.30. The Morgan fingerprint density at radius 2 is 2.18 bits per heavy atom. The lowest BCUT2D eigenvalue weighted by Gasteiger charge is -2.40. The lowest BCUT2D eigenvalue weighted by atomic mass is 9.77. The Hall–Kier alpha value is -1.26. The van der Waals surface area contributed by atoms with E-state index in [2.05, 4.69) is 5.32 Å². The minimum atomic E-state index is -0.522. The van der Waals surface area contributed by atoms with E-state index >= 15 is 0 Å². The summed E-state index contributed by atoms with van der Waals surface area (Å²) in [5, 5.41) is 22.0. The zero-order valence-corrected chi connectivity index (χ0v) is 10.00. The molecule has 0 spiro atoms. The van der Waals surface area contributed by atoms with Crippen LogP contribution in [0.3, 0.4) is 0 Å². The summed E-state index contributed by atoms with van der Waals surface area (Å²) in [6.45, 7) is -0.0833. The second-order valence-electron chi connectivity index (χ2n) is 4.41. The predicted molar refractivity (Wildman–Crippen MR) is 64.3 cm³/mol. The molecule has 1 saturated carbocycles. The van der Waals surface area contributed by atoms with Crippen molar-refractivity contribution in [3.8, 4) is 5.75 Å². The Morgan fingerprint density at radius 3 is 2.71 bits per heavy atom. The standard InChI is InChI=1S/C12H14ClNO3/c13-8-2-3-10(16)9(6-8)11(17)14-12(7-15)4-1-5-12/h2-3,6,15-16H,1,4-5,7H2,(H,14,17). The van der Waals surface area contributed by atoms with Gasteiger partial charge in [-0.2, -0.15) is 0 Å². The first-order chi connectivity index (χ1) is 8.06. The number of phenols is 1. The topological polar surface area (TPSA) is 69.6 Å². The average Bonchev–Trinajstić information content (AvgIpc) is 2.26. The normalized spacial score (nSPS) is 17.3. The largest absolute Gasteiger partial charge is 0.507 e. The fourth-order valence-electron chi connectivity index (χ4n) is 1.92. The Balaban J connectivity index is 2.17. The molecule has 0 radical (unpaired) electrons. The molecule has 5 heteroatoms. The van der Waals surface area contributed by atoms with Gasteiger partial charge in [-0.3, -0.25) is 4.79 Å². The van der Waals surface area contributed by atoms with E-state index in [-0.39, 0.29) is 17.9 Å². The summed E-state index contributed by atoms with van der Waals surface area (Å²) < 4.78 is 0. The summed E-state index contributed by atoms with van der Waals surface area (Å²) in [5.41, 5.74) is -0.386. The Morgan fingerprint density at radius 1 is 1.47 bits per heavy atom. The summed E-state index contributed by atoms with van der Waals surface area (Å²) in [4.78, 5) is 11.9. The molecular weight excluding hydrogens is 242 g/mol. The average molecular weight is 256 g/mol. The van der Waals surface area contributed by atoms with Crippen LogP contribution in [0.4, 0.5) is 0 Å². The number of carbonyl (C=O) groups is 1. The van der Waals surface area contributed by atoms with Gasteiger partial charge in [0, 0.05) is 5.02 Å². The van der Waals surface area contributed by atoms with E-state index in [4.69, 9.17) is 11.6 Å². The second kappa shape index (κ2) is 4.55. The van der Waals surface area contributed by atoms with Crippen LogP contribution in [-0.2, 0) is 0 Å². The fraction of sp³-hybridized carbons (Fsp3) is 0.417. The smallest absolute Gasteiger partial charge is 0.255 e. The summed E-state index contributed by atoms with van der Waals surface area (Å²) in [5.74, 6) is -0.516. The third-order valence-electron chi connectivity index (χ3n) is 3.20. The molecule has 1 fully saturated rings. The van der Waals surface area contributed by atoms with Gasteiger partial charge in [0.05, 0.1) is 17.7 Å². The number of aromatic hydroxyl groups is 1. The summed E-state index contributed by atoms with van der Waals surface area (Å²) in [6.07, 6.45) is 2.51. The Kier molecular flexibility index (Phi) is 3.26. The predicted octanol–water partition coefficient (Wildman–Crippen LogP) is 1.69. The third kappa shape index (κ3) is 2.37. The van der Waals surface area contributed by atoms with Crippen LogP contribution >= 0.6 is 11.6 Å². The van der Waals surface area contributed by atoms with E-state index in [1.165, 1.54) is 18.2 Å². The van der Waals surface area contributed by atoms with Crippen LogP contribution in [0.2, 0.25) is 5.02 Å². The van der Waals surface area contributed by atoms with Gasteiger partial charge < -0.3 is 15.5 Å². The molecule has 0 saturated heterocycles. The molecule has 1 aliphatic rings. The number of phenolic OH excluding ortho intramolecular Hbond substituents is 1. The summed E-state index contributed by atoms with van der Waals surface area (Å²) >= 11 is 5.77. The van der Waals surface area contributed by atoms with Gasteiger partial charge in [0.25, 0.3) is 5.91 Å². The minimum Gasteiger partial charge on any atom is -0.507 e. The van der Waals surface area contributed by atoms with Crippen molar-refractivity contribution in [2.45, 2.75) is 24.8 Å². The van der Waals surface area contributed by atoms with Crippen molar-refractivity contribution in [2.75, 3.05) is 6.61 Å². The number of nitrogens with one attached hydrogen (secondary N) is 1. The monoisotopic (exact) mass is 255 g/mol. The van der Waals surface area contributed by atoms with Crippen LogP contribution in [0.15, 0.2) is 18.2 Å². The van der Waals surface area contributed by atoms with Gasteiger partial charge in [0.15, 0.2) is 0 Å².